The summed E-state index contributed by atoms with van der Waals surface area (Å²) in [6, 6.07) is 0. The number of hydrogen-bond donors (Lipinski definition) is 2. The largest absolute Gasteiger partial charge is 0.349 e. The van der Waals surface area contributed by atoms with Gasteiger partial charge in [0, 0.05) is 24.2 Å². The maximum Gasteiger partial charge on any atom is 0.231 e. The van der Waals surface area contributed by atoms with Crippen LogP contribution in [0.25, 0.3) is 0 Å². The van der Waals surface area contributed by atoms with E-state index >= 15 is 0 Å². The zero-order chi connectivity index (χ0) is 21.4. The number of anilines is 3. The SMILES string of the molecule is CC(C)(C)CC(C)(C)Nc1nc(NC(C)(C)C)nc(N2CC3CCC(CC3)C2)n1. The first-order valence-corrected chi connectivity index (χ1v) is 11.4. The van der Waals surface area contributed by atoms with Crippen LogP contribution < -0.4 is 15.5 Å². The number of nitrogens with zero attached hydrogens (tertiary/aromatic N) is 4. The maximum atomic E-state index is 4.89. The minimum Gasteiger partial charge on any atom is -0.349 e. The molecule has 2 N–H and O–H groups in total. The summed E-state index contributed by atoms with van der Waals surface area (Å²) in [7, 11) is 0. The fourth-order valence-electron chi connectivity index (χ4n) is 5.08. The summed E-state index contributed by atoms with van der Waals surface area (Å²) < 4.78 is 0. The molecule has 3 fully saturated rings. The first kappa shape index (κ1) is 22.1. The predicted molar refractivity (Wildman–Crippen MR) is 123 cm³/mol. The normalized spacial score (nSPS) is 23.1. The van der Waals surface area contributed by atoms with Crippen LogP contribution in [0.2, 0.25) is 0 Å². The number of aromatic nitrogens is 3. The van der Waals surface area contributed by atoms with Gasteiger partial charge >= 0.3 is 0 Å². The van der Waals surface area contributed by atoms with Gasteiger partial charge in [-0.3, -0.25) is 0 Å². The van der Waals surface area contributed by atoms with Crippen molar-refractivity contribution < 1.29 is 0 Å². The monoisotopic (exact) mass is 402 g/mol. The Morgan fingerprint density at radius 3 is 1.69 bits per heavy atom. The van der Waals surface area contributed by atoms with Gasteiger partial charge in [0.25, 0.3) is 0 Å². The van der Waals surface area contributed by atoms with Crippen molar-refractivity contribution in [1.82, 2.24) is 15.0 Å². The number of rotatable bonds is 5. The highest BCUT2D eigenvalue weighted by Crippen LogP contribution is 2.35. The molecule has 164 valence electrons. The average Bonchev–Trinajstić information content (AvgIpc) is 2.83. The van der Waals surface area contributed by atoms with Crippen molar-refractivity contribution in [2.75, 3.05) is 28.6 Å². The summed E-state index contributed by atoms with van der Waals surface area (Å²) in [6.07, 6.45) is 6.43. The van der Waals surface area contributed by atoms with E-state index in [4.69, 9.17) is 15.0 Å². The fourth-order valence-corrected chi connectivity index (χ4v) is 5.08. The first-order chi connectivity index (χ1) is 13.3. The Kier molecular flexibility index (Phi) is 6.03. The van der Waals surface area contributed by atoms with Crippen LogP contribution in [-0.2, 0) is 0 Å². The highest BCUT2D eigenvalue weighted by molar-refractivity contribution is 5.46. The maximum absolute atomic E-state index is 4.89. The van der Waals surface area contributed by atoms with Crippen molar-refractivity contribution in [3.63, 3.8) is 0 Å². The zero-order valence-electron chi connectivity index (χ0n) is 19.9. The number of fused-ring (bicyclic) bond motifs is 4. The Morgan fingerprint density at radius 1 is 0.759 bits per heavy atom. The molecule has 2 saturated heterocycles. The van der Waals surface area contributed by atoms with E-state index in [1.165, 1.54) is 25.7 Å². The molecule has 29 heavy (non-hydrogen) atoms. The Morgan fingerprint density at radius 2 is 1.24 bits per heavy atom. The minimum absolute atomic E-state index is 0.103. The minimum atomic E-state index is -0.103. The van der Waals surface area contributed by atoms with Crippen LogP contribution in [0.5, 0.6) is 0 Å². The molecule has 1 aliphatic carbocycles. The van der Waals surface area contributed by atoms with Crippen LogP contribution in [-0.4, -0.2) is 39.1 Å². The van der Waals surface area contributed by atoms with Gasteiger partial charge in [0.1, 0.15) is 0 Å². The lowest BCUT2D eigenvalue weighted by atomic mass is 9.82. The van der Waals surface area contributed by atoms with Crippen LogP contribution >= 0.6 is 0 Å². The van der Waals surface area contributed by atoms with Crippen LogP contribution in [0.15, 0.2) is 0 Å². The molecule has 0 aromatic carbocycles. The van der Waals surface area contributed by atoms with Crippen molar-refractivity contribution >= 4 is 17.8 Å². The van der Waals surface area contributed by atoms with Gasteiger partial charge in [-0.15, -0.1) is 0 Å². The number of hydrogen-bond acceptors (Lipinski definition) is 6. The molecule has 6 nitrogen and oxygen atoms in total. The van der Waals surface area contributed by atoms with Crippen molar-refractivity contribution in [3.05, 3.63) is 0 Å². The third kappa shape index (κ3) is 6.71. The Bertz CT molecular complexity index is 678. The quantitative estimate of drug-likeness (QED) is 0.693. The molecule has 1 aromatic heterocycles. The van der Waals surface area contributed by atoms with E-state index in [0.717, 1.165) is 37.3 Å². The molecule has 4 rings (SSSR count). The first-order valence-electron chi connectivity index (χ1n) is 11.4. The highest BCUT2D eigenvalue weighted by atomic mass is 15.3. The predicted octanol–water partition coefficient (Wildman–Crippen LogP) is 5.34. The molecule has 1 aromatic rings. The summed E-state index contributed by atoms with van der Waals surface area (Å²) in [5, 5.41) is 7.07. The molecule has 0 radical (unpaired) electrons. The van der Waals surface area contributed by atoms with Crippen molar-refractivity contribution in [1.29, 1.82) is 0 Å². The molecule has 0 spiro atoms. The van der Waals surface area contributed by atoms with E-state index < -0.39 is 0 Å². The third-order valence-electron chi connectivity index (χ3n) is 5.74. The van der Waals surface area contributed by atoms with E-state index in [1.807, 2.05) is 0 Å². The molecule has 0 unspecified atom stereocenters. The van der Waals surface area contributed by atoms with Crippen LogP contribution in [0.1, 0.15) is 87.5 Å². The summed E-state index contributed by atoms with van der Waals surface area (Å²) in [6.45, 7) is 19.8. The van der Waals surface area contributed by atoms with E-state index in [2.05, 4.69) is 70.9 Å². The molecule has 0 amide bonds. The molecule has 1 saturated carbocycles. The third-order valence-corrected chi connectivity index (χ3v) is 5.74. The molecule has 3 aliphatic rings. The highest BCUT2D eigenvalue weighted by Gasteiger charge is 2.32. The summed E-state index contributed by atoms with van der Waals surface area (Å²) in [5.74, 6) is 3.71. The Hall–Kier alpha value is -1.59. The molecule has 6 heteroatoms. The van der Waals surface area contributed by atoms with Crippen molar-refractivity contribution in [2.24, 2.45) is 17.3 Å². The Balaban J connectivity index is 1.89. The Labute approximate surface area is 177 Å². The number of nitrogens with one attached hydrogen (secondary N) is 2. The summed E-state index contributed by atoms with van der Waals surface area (Å²) in [4.78, 5) is 16.9. The molecule has 0 atom stereocenters. The van der Waals surface area contributed by atoms with Gasteiger partial charge in [-0.05, 0) is 84.0 Å². The standard InChI is InChI=1S/C23H42N6/c1-21(2,3)15-23(7,8)28-19-24-18(27-22(4,5)6)25-20(26-19)29-13-16-9-10-17(14-29)12-11-16/h16-17H,9-15H2,1-8H3,(H2,24,25,26,27,28). The lowest BCUT2D eigenvalue weighted by Gasteiger charge is -2.34. The lowest BCUT2D eigenvalue weighted by molar-refractivity contribution is 0.301. The van der Waals surface area contributed by atoms with E-state index in [9.17, 15) is 0 Å². The van der Waals surface area contributed by atoms with Gasteiger partial charge in [0.15, 0.2) is 0 Å². The second-order valence-corrected chi connectivity index (χ2v) is 12.2. The smallest absolute Gasteiger partial charge is 0.231 e. The van der Waals surface area contributed by atoms with Gasteiger partial charge in [-0.25, -0.2) is 0 Å². The van der Waals surface area contributed by atoms with Gasteiger partial charge in [-0.1, -0.05) is 20.8 Å². The molecular weight excluding hydrogens is 360 g/mol. The fraction of sp³-hybridized carbons (Fsp3) is 0.870. The zero-order valence-corrected chi connectivity index (χ0v) is 19.9. The topological polar surface area (TPSA) is 66.0 Å². The summed E-state index contributed by atoms with van der Waals surface area (Å²) in [5.41, 5.74) is 0.0190. The van der Waals surface area contributed by atoms with E-state index in [0.29, 0.717) is 11.9 Å². The molecule has 3 heterocycles. The molecule has 2 bridgehead atoms. The van der Waals surface area contributed by atoms with Gasteiger partial charge in [0.05, 0.1) is 0 Å². The second kappa shape index (κ2) is 7.92. The van der Waals surface area contributed by atoms with Crippen LogP contribution in [0, 0.1) is 17.3 Å². The van der Waals surface area contributed by atoms with Crippen molar-refractivity contribution in [3.8, 4) is 0 Å². The molecule has 2 aliphatic heterocycles. The van der Waals surface area contributed by atoms with E-state index in [1.54, 1.807) is 0 Å². The summed E-state index contributed by atoms with van der Waals surface area (Å²) >= 11 is 0. The van der Waals surface area contributed by atoms with Crippen LogP contribution in [0.3, 0.4) is 0 Å². The lowest BCUT2D eigenvalue weighted by Crippen LogP contribution is -2.37. The van der Waals surface area contributed by atoms with Crippen LogP contribution in [0.4, 0.5) is 17.8 Å². The average molecular weight is 403 g/mol. The van der Waals surface area contributed by atoms with Gasteiger partial charge < -0.3 is 15.5 Å². The second-order valence-electron chi connectivity index (χ2n) is 12.2. The van der Waals surface area contributed by atoms with Gasteiger partial charge in [0.2, 0.25) is 17.8 Å². The van der Waals surface area contributed by atoms with E-state index in [-0.39, 0.29) is 16.5 Å². The van der Waals surface area contributed by atoms with Crippen molar-refractivity contribution in [2.45, 2.75) is 98.6 Å². The van der Waals surface area contributed by atoms with Gasteiger partial charge in [-0.2, -0.15) is 15.0 Å². The molecular formula is C23H42N6.